The predicted molar refractivity (Wildman–Crippen MR) is 114 cm³/mol. The quantitative estimate of drug-likeness (QED) is 0.437. The van der Waals surface area contributed by atoms with Gasteiger partial charge in [0.2, 0.25) is 0 Å². The van der Waals surface area contributed by atoms with Crippen molar-refractivity contribution < 1.29 is 9.47 Å². The zero-order chi connectivity index (χ0) is 19.3. The van der Waals surface area contributed by atoms with Crippen LogP contribution in [-0.2, 0) is 13.2 Å². The molecule has 0 aliphatic carbocycles. The van der Waals surface area contributed by atoms with E-state index in [1.54, 1.807) is 0 Å². The molecule has 0 amide bonds. The Labute approximate surface area is 165 Å². The third kappa shape index (κ3) is 8.04. The molecule has 0 aromatic heterocycles. The highest BCUT2D eigenvalue weighted by Crippen LogP contribution is 2.29. The van der Waals surface area contributed by atoms with Crippen LogP contribution in [0.1, 0.15) is 62.6 Å². The summed E-state index contributed by atoms with van der Waals surface area (Å²) in [7, 11) is 0. The summed E-state index contributed by atoms with van der Waals surface area (Å²) in [4.78, 5) is 0. The largest absolute Gasteiger partial charge is 0.490 e. The van der Waals surface area contributed by atoms with Crippen LogP contribution < -0.4 is 14.8 Å². The molecule has 3 heteroatoms. The van der Waals surface area contributed by atoms with Crippen molar-refractivity contribution in [2.75, 3.05) is 13.2 Å². The van der Waals surface area contributed by atoms with Crippen molar-refractivity contribution in [3.8, 4) is 11.5 Å². The van der Waals surface area contributed by atoms with Gasteiger partial charge in [0, 0.05) is 6.54 Å². The molecule has 2 rings (SSSR count). The summed E-state index contributed by atoms with van der Waals surface area (Å²) in [6.45, 7) is 9.47. The van der Waals surface area contributed by atoms with Gasteiger partial charge in [0.05, 0.1) is 6.61 Å². The molecular weight excluding hydrogens is 334 g/mol. The number of nitrogens with one attached hydrogen (secondary N) is 1. The lowest BCUT2D eigenvalue weighted by atomic mass is 10.1. The third-order valence-corrected chi connectivity index (χ3v) is 4.61. The summed E-state index contributed by atoms with van der Waals surface area (Å²) in [5, 5.41) is 3.53. The Balaban J connectivity index is 1.84. The fraction of sp³-hybridized carbons (Fsp3) is 0.500. The monoisotopic (exact) mass is 369 g/mol. The topological polar surface area (TPSA) is 30.5 Å². The van der Waals surface area contributed by atoms with Gasteiger partial charge < -0.3 is 14.8 Å². The molecule has 0 unspecified atom stereocenters. The molecule has 0 spiro atoms. The van der Waals surface area contributed by atoms with Crippen molar-refractivity contribution in [1.29, 1.82) is 0 Å². The van der Waals surface area contributed by atoms with Gasteiger partial charge in [-0.3, -0.25) is 0 Å². The highest BCUT2D eigenvalue weighted by atomic mass is 16.5. The van der Waals surface area contributed by atoms with Crippen molar-refractivity contribution in [1.82, 2.24) is 5.32 Å². The maximum atomic E-state index is 6.01. The molecule has 1 N–H and O–H groups in total. The number of benzene rings is 2. The van der Waals surface area contributed by atoms with Crippen molar-refractivity contribution in [3.05, 3.63) is 59.2 Å². The summed E-state index contributed by atoms with van der Waals surface area (Å²) >= 11 is 0. The van der Waals surface area contributed by atoms with E-state index in [2.05, 4.69) is 55.6 Å². The van der Waals surface area contributed by atoms with Gasteiger partial charge >= 0.3 is 0 Å². The van der Waals surface area contributed by atoms with Crippen molar-refractivity contribution >= 4 is 0 Å². The molecule has 148 valence electrons. The fourth-order valence-electron chi connectivity index (χ4n) is 2.98. The summed E-state index contributed by atoms with van der Waals surface area (Å²) in [5.74, 6) is 1.63. The molecule has 0 bridgehead atoms. The molecule has 0 fully saturated rings. The Hall–Kier alpha value is -2.00. The maximum absolute atomic E-state index is 6.01. The van der Waals surface area contributed by atoms with Crippen LogP contribution in [0.25, 0.3) is 0 Å². The highest BCUT2D eigenvalue weighted by Gasteiger charge is 2.07. The first-order valence-corrected chi connectivity index (χ1v) is 10.4. The van der Waals surface area contributed by atoms with Crippen molar-refractivity contribution in [2.45, 2.75) is 66.0 Å². The third-order valence-electron chi connectivity index (χ3n) is 4.61. The van der Waals surface area contributed by atoms with Crippen molar-refractivity contribution in [3.63, 3.8) is 0 Å². The first kappa shape index (κ1) is 21.3. The van der Waals surface area contributed by atoms with Crippen LogP contribution in [-0.4, -0.2) is 13.2 Å². The van der Waals surface area contributed by atoms with E-state index in [1.165, 1.54) is 43.2 Å². The van der Waals surface area contributed by atoms with Gasteiger partial charge in [0.15, 0.2) is 11.5 Å². The van der Waals surface area contributed by atoms with Crippen LogP contribution in [0.4, 0.5) is 0 Å². The minimum absolute atomic E-state index is 0.551. The normalized spacial score (nSPS) is 10.8. The lowest BCUT2D eigenvalue weighted by Gasteiger charge is -2.14. The second kappa shape index (κ2) is 12.4. The van der Waals surface area contributed by atoms with E-state index in [-0.39, 0.29) is 0 Å². The van der Waals surface area contributed by atoms with Crippen LogP contribution >= 0.6 is 0 Å². The van der Waals surface area contributed by atoms with Crippen LogP contribution in [0.2, 0.25) is 0 Å². The maximum Gasteiger partial charge on any atom is 0.161 e. The van der Waals surface area contributed by atoms with E-state index >= 15 is 0 Å². The average Bonchev–Trinajstić information content (AvgIpc) is 2.68. The highest BCUT2D eigenvalue weighted by molar-refractivity contribution is 5.43. The van der Waals surface area contributed by atoms with E-state index in [4.69, 9.17) is 9.47 Å². The second-order valence-electron chi connectivity index (χ2n) is 7.08. The molecule has 0 saturated heterocycles. The SMILES string of the molecule is CCCCCCCNCc1ccc(OCc2ccc(C)cc2)c(OCC)c1. The van der Waals surface area contributed by atoms with Gasteiger partial charge in [-0.15, -0.1) is 0 Å². The van der Waals surface area contributed by atoms with E-state index in [9.17, 15) is 0 Å². The molecule has 2 aromatic carbocycles. The van der Waals surface area contributed by atoms with Crippen LogP contribution in [0.15, 0.2) is 42.5 Å². The Morgan fingerprint density at radius 3 is 2.26 bits per heavy atom. The number of rotatable bonds is 13. The minimum Gasteiger partial charge on any atom is -0.490 e. The lowest BCUT2D eigenvalue weighted by Crippen LogP contribution is -2.14. The standard InChI is InChI=1S/C24H35NO2/c1-4-6-7-8-9-16-25-18-22-14-15-23(24(17-22)26-5-2)27-19-21-12-10-20(3)11-13-21/h10-15,17,25H,4-9,16,18-19H2,1-3H3. The zero-order valence-electron chi connectivity index (χ0n) is 17.2. The second-order valence-corrected chi connectivity index (χ2v) is 7.08. The molecule has 3 nitrogen and oxygen atoms in total. The molecule has 0 aliphatic heterocycles. The number of aryl methyl sites for hydroxylation is 1. The summed E-state index contributed by atoms with van der Waals surface area (Å²) in [6.07, 6.45) is 6.56. The molecule has 0 heterocycles. The molecule has 0 atom stereocenters. The van der Waals surface area contributed by atoms with Crippen molar-refractivity contribution in [2.24, 2.45) is 0 Å². The smallest absolute Gasteiger partial charge is 0.161 e. The number of unbranched alkanes of at least 4 members (excludes halogenated alkanes) is 4. The van der Waals surface area contributed by atoms with Crippen LogP contribution in [0.3, 0.4) is 0 Å². The van der Waals surface area contributed by atoms with Gasteiger partial charge in [0.1, 0.15) is 6.61 Å². The Kier molecular flexibility index (Phi) is 9.78. The van der Waals surface area contributed by atoms with Gasteiger partial charge in [-0.2, -0.15) is 0 Å². The number of hydrogen-bond donors (Lipinski definition) is 1. The lowest BCUT2D eigenvalue weighted by molar-refractivity contribution is 0.269. The molecule has 0 radical (unpaired) electrons. The van der Waals surface area contributed by atoms with E-state index < -0.39 is 0 Å². The number of hydrogen-bond acceptors (Lipinski definition) is 3. The van der Waals surface area contributed by atoms with Crippen LogP contribution in [0.5, 0.6) is 11.5 Å². The number of ether oxygens (including phenoxy) is 2. The van der Waals surface area contributed by atoms with Gasteiger partial charge in [0.25, 0.3) is 0 Å². The van der Waals surface area contributed by atoms with Gasteiger partial charge in [-0.25, -0.2) is 0 Å². The Morgan fingerprint density at radius 1 is 0.778 bits per heavy atom. The van der Waals surface area contributed by atoms with Gasteiger partial charge in [-0.1, -0.05) is 68.5 Å². The minimum atomic E-state index is 0.551. The molecular formula is C24H35NO2. The first-order valence-electron chi connectivity index (χ1n) is 10.4. The predicted octanol–water partition coefficient (Wildman–Crippen LogP) is 6.03. The van der Waals surface area contributed by atoms with E-state index in [0.717, 1.165) is 30.2 Å². The average molecular weight is 370 g/mol. The van der Waals surface area contributed by atoms with Crippen LogP contribution in [0, 0.1) is 6.92 Å². The Morgan fingerprint density at radius 2 is 1.52 bits per heavy atom. The molecule has 2 aromatic rings. The molecule has 27 heavy (non-hydrogen) atoms. The first-order chi connectivity index (χ1) is 13.2. The summed E-state index contributed by atoms with van der Waals surface area (Å²) < 4.78 is 11.8. The molecule has 0 saturated carbocycles. The Bertz CT molecular complexity index is 652. The van der Waals surface area contributed by atoms with E-state index in [0.29, 0.717) is 13.2 Å². The summed E-state index contributed by atoms with van der Waals surface area (Å²) in [6, 6.07) is 14.7. The zero-order valence-corrected chi connectivity index (χ0v) is 17.2. The van der Waals surface area contributed by atoms with E-state index in [1.807, 2.05) is 13.0 Å². The summed E-state index contributed by atoms with van der Waals surface area (Å²) in [5.41, 5.74) is 3.66. The molecule has 0 aliphatic rings. The van der Waals surface area contributed by atoms with Gasteiger partial charge in [-0.05, 0) is 50.1 Å². The fourth-order valence-corrected chi connectivity index (χ4v) is 2.98.